The summed E-state index contributed by atoms with van der Waals surface area (Å²) in [5, 5.41) is 7.73. The molecule has 1 N–H and O–H groups in total. The maximum atomic E-state index is 12.7. The van der Waals surface area contributed by atoms with Gasteiger partial charge in [-0.1, -0.05) is 28.6 Å². The molecule has 0 fully saturated rings. The molecule has 0 aliphatic carbocycles. The number of thiazole rings is 1. The zero-order valence-electron chi connectivity index (χ0n) is 23.3. The molecule has 10 heteroatoms. The van der Waals surface area contributed by atoms with Crippen LogP contribution in [0, 0.1) is 20.8 Å². The third-order valence-corrected chi connectivity index (χ3v) is 7.79. The van der Waals surface area contributed by atoms with E-state index in [4.69, 9.17) is 23.8 Å². The van der Waals surface area contributed by atoms with E-state index in [1.165, 1.54) is 22.5 Å². The highest BCUT2D eigenvalue weighted by molar-refractivity contribution is 7.22. The lowest BCUT2D eigenvalue weighted by molar-refractivity contribution is -0.118. The lowest BCUT2D eigenvalue weighted by atomic mass is 9.98. The molecule has 1 atom stereocenters. The zero-order valence-corrected chi connectivity index (χ0v) is 24.1. The normalized spacial score (nSPS) is 14.4. The first-order valence-corrected chi connectivity index (χ1v) is 13.5. The highest BCUT2D eigenvalue weighted by Crippen LogP contribution is 2.40. The van der Waals surface area contributed by atoms with Crippen LogP contribution < -0.4 is 24.3 Å². The molecule has 0 spiro atoms. The molecule has 1 amide bonds. The third-order valence-electron chi connectivity index (χ3n) is 6.86. The summed E-state index contributed by atoms with van der Waals surface area (Å²) in [6.45, 7) is 5.90. The number of aromatic nitrogens is 1. The van der Waals surface area contributed by atoms with Crippen molar-refractivity contribution in [3.63, 3.8) is 0 Å². The SMILES string of the molecule is COc1cc(C2=NOC(c3ccc(C)c(OCC(=O)Nc4nc5cc(C)c(C)cc5s4)c3)C2)cc(OC)c1OC. The summed E-state index contributed by atoms with van der Waals surface area (Å²) >= 11 is 1.45. The summed E-state index contributed by atoms with van der Waals surface area (Å²) in [7, 11) is 4.71. The Morgan fingerprint density at radius 3 is 2.38 bits per heavy atom. The average molecular weight is 562 g/mol. The van der Waals surface area contributed by atoms with E-state index in [-0.39, 0.29) is 18.6 Å². The van der Waals surface area contributed by atoms with Crippen molar-refractivity contribution in [1.82, 2.24) is 4.98 Å². The molecule has 1 unspecified atom stereocenters. The number of hydrogen-bond donors (Lipinski definition) is 1. The lowest BCUT2D eigenvalue weighted by Crippen LogP contribution is -2.20. The maximum absolute atomic E-state index is 12.7. The van der Waals surface area contributed by atoms with Crippen molar-refractivity contribution in [2.75, 3.05) is 33.3 Å². The molecule has 1 aliphatic heterocycles. The van der Waals surface area contributed by atoms with Crippen molar-refractivity contribution >= 4 is 38.3 Å². The molecule has 9 nitrogen and oxygen atoms in total. The number of carbonyl (C=O) groups excluding carboxylic acids is 1. The summed E-state index contributed by atoms with van der Waals surface area (Å²) in [4.78, 5) is 23.0. The third kappa shape index (κ3) is 5.53. The number of hydrogen-bond acceptors (Lipinski definition) is 9. The molecular formula is C30H31N3O6S. The number of nitrogens with one attached hydrogen (secondary N) is 1. The van der Waals surface area contributed by atoms with E-state index in [0.29, 0.717) is 34.6 Å². The van der Waals surface area contributed by atoms with Gasteiger partial charge in [-0.2, -0.15) is 0 Å². The van der Waals surface area contributed by atoms with Gasteiger partial charge in [0.2, 0.25) is 5.75 Å². The predicted octanol–water partition coefficient (Wildman–Crippen LogP) is 6.13. The molecule has 3 aromatic carbocycles. The average Bonchev–Trinajstić information content (AvgIpc) is 3.59. The first kappa shape index (κ1) is 27.3. The van der Waals surface area contributed by atoms with Crippen LogP contribution in [-0.4, -0.2) is 44.5 Å². The molecule has 4 aromatic rings. The summed E-state index contributed by atoms with van der Waals surface area (Å²) in [5.74, 6) is 1.93. The molecule has 2 heterocycles. The number of methoxy groups -OCH3 is 3. The van der Waals surface area contributed by atoms with Crippen LogP contribution in [0.1, 0.15) is 40.3 Å². The van der Waals surface area contributed by atoms with Gasteiger partial charge in [-0.15, -0.1) is 0 Å². The smallest absolute Gasteiger partial charge is 0.264 e. The van der Waals surface area contributed by atoms with Crippen LogP contribution in [0.5, 0.6) is 23.0 Å². The van der Waals surface area contributed by atoms with E-state index in [9.17, 15) is 4.79 Å². The van der Waals surface area contributed by atoms with Crippen molar-refractivity contribution < 1.29 is 28.6 Å². The number of amides is 1. The summed E-state index contributed by atoms with van der Waals surface area (Å²) in [6, 6.07) is 13.6. The Kier molecular flexibility index (Phi) is 7.79. The first-order chi connectivity index (χ1) is 19.3. The Labute approximate surface area is 236 Å². The molecule has 0 saturated carbocycles. The Hall–Kier alpha value is -4.31. The number of fused-ring (bicyclic) bond motifs is 1. The summed E-state index contributed by atoms with van der Waals surface area (Å²) < 4.78 is 23.3. The lowest BCUT2D eigenvalue weighted by Gasteiger charge is -2.14. The minimum atomic E-state index is -0.305. The van der Waals surface area contributed by atoms with Gasteiger partial charge in [0, 0.05) is 12.0 Å². The summed E-state index contributed by atoms with van der Waals surface area (Å²) in [5.41, 5.74) is 6.61. The van der Waals surface area contributed by atoms with Crippen LogP contribution in [0.3, 0.4) is 0 Å². The van der Waals surface area contributed by atoms with Gasteiger partial charge >= 0.3 is 0 Å². The van der Waals surface area contributed by atoms with Crippen LogP contribution in [0.4, 0.5) is 5.13 Å². The molecular weight excluding hydrogens is 530 g/mol. The van der Waals surface area contributed by atoms with E-state index in [1.807, 2.05) is 50.2 Å². The van der Waals surface area contributed by atoms with Crippen LogP contribution in [0.25, 0.3) is 10.2 Å². The quantitative estimate of drug-likeness (QED) is 0.262. The number of nitrogens with zero attached hydrogens (tertiary/aromatic N) is 2. The van der Waals surface area contributed by atoms with Crippen molar-refractivity contribution in [1.29, 1.82) is 0 Å². The predicted molar refractivity (Wildman–Crippen MR) is 155 cm³/mol. The zero-order chi connectivity index (χ0) is 28.4. The number of anilines is 1. The molecule has 0 radical (unpaired) electrons. The van der Waals surface area contributed by atoms with Crippen LogP contribution in [0.15, 0.2) is 47.6 Å². The summed E-state index contributed by atoms with van der Waals surface area (Å²) in [6.07, 6.45) is 0.235. The van der Waals surface area contributed by atoms with Gasteiger partial charge < -0.3 is 23.8 Å². The molecule has 1 aliphatic rings. The van der Waals surface area contributed by atoms with E-state index < -0.39 is 0 Å². The minimum absolute atomic E-state index is 0.142. The monoisotopic (exact) mass is 561 g/mol. The fourth-order valence-corrected chi connectivity index (χ4v) is 5.44. The van der Waals surface area contributed by atoms with Gasteiger partial charge in [0.1, 0.15) is 5.75 Å². The van der Waals surface area contributed by atoms with Gasteiger partial charge in [0.05, 0.1) is 37.3 Å². The first-order valence-electron chi connectivity index (χ1n) is 12.7. The van der Waals surface area contributed by atoms with E-state index >= 15 is 0 Å². The van der Waals surface area contributed by atoms with E-state index in [2.05, 4.69) is 28.4 Å². The minimum Gasteiger partial charge on any atom is -0.493 e. The van der Waals surface area contributed by atoms with Gasteiger partial charge in [0.15, 0.2) is 29.3 Å². The van der Waals surface area contributed by atoms with Crippen molar-refractivity contribution in [3.05, 3.63) is 70.3 Å². The second-order valence-corrected chi connectivity index (χ2v) is 10.6. The second kappa shape index (κ2) is 11.4. The van der Waals surface area contributed by atoms with Gasteiger partial charge in [0.25, 0.3) is 5.91 Å². The number of rotatable bonds is 9. The second-order valence-electron chi connectivity index (χ2n) is 9.54. The van der Waals surface area contributed by atoms with Crippen molar-refractivity contribution in [3.8, 4) is 23.0 Å². The molecule has 1 aromatic heterocycles. The number of ether oxygens (including phenoxy) is 4. The molecule has 0 saturated heterocycles. The van der Waals surface area contributed by atoms with Gasteiger partial charge in [-0.05, 0) is 73.4 Å². The molecule has 40 heavy (non-hydrogen) atoms. The standard InChI is InChI=1S/C30H31N3O6S/c1-16-7-8-19(24-14-21(33-39-24)20-12-25(35-4)29(37-6)26(13-20)36-5)11-23(16)38-15-28(34)32-30-31-22-9-17(2)18(3)10-27(22)40-30/h7-13,24H,14-15H2,1-6H3,(H,31,32,34). The molecule has 0 bridgehead atoms. The Morgan fingerprint density at radius 2 is 1.68 bits per heavy atom. The fraction of sp³-hybridized carbons (Fsp3) is 0.300. The van der Waals surface area contributed by atoms with Crippen LogP contribution in [0.2, 0.25) is 0 Å². The maximum Gasteiger partial charge on any atom is 0.264 e. The van der Waals surface area contributed by atoms with Crippen LogP contribution >= 0.6 is 11.3 Å². The topological polar surface area (TPSA) is 100 Å². The fourth-order valence-electron chi connectivity index (χ4n) is 4.48. The number of aryl methyl sites for hydroxylation is 3. The van der Waals surface area contributed by atoms with E-state index in [0.717, 1.165) is 32.6 Å². The van der Waals surface area contributed by atoms with Gasteiger partial charge in [-0.25, -0.2) is 4.98 Å². The number of oxime groups is 1. The van der Waals surface area contributed by atoms with Gasteiger partial charge in [-0.3, -0.25) is 10.1 Å². The van der Waals surface area contributed by atoms with Crippen LogP contribution in [-0.2, 0) is 9.63 Å². The number of benzene rings is 3. The van der Waals surface area contributed by atoms with Crippen molar-refractivity contribution in [2.45, 2.75) is 33.3 Å². The highest BCUT2D eigenvalue weighted by atomic mass is 32.1. The van der Waals surface area contributed by atoms with Crippen molar-refractivity contribution in [2.24, 2.45) is 5.16 Å². The molecule has 208 valence electrons. The van der Waals surface area contributed by atoms with E-state index in [1.54, 1.807) is 21.3 Å². The largest absolute Gasteiger partial charge is 0.493 e. The number of carbonyl (C=O) groups is 1. The molecule has 5 rings (SSSR count). The highest BCUT2D eigenvalue weighted by Gasteiger charge is 2.27. The Bertz CT molecular complexity index is 1550. The Balaban J connectivity index is 1.24. The Morgan fingerprint density at radius 1 is 0.950 bits per heavy atom.